The molecule has 2 aliphatic heterocycles. The Kier molecular flexibility index (Phi) is 7.47. The molecule has 37 heavy (non-hydrogen) atoms. The number of carbonyl (C=O) groups excluding carboxylic acids is 2. The Balaban J connectivity index is 1.12. The van der Waals surface area contributed by atoms with Crippen LogP contribution in [0.3, 0.4) is 0 Å². The highest BCUT2D eigenvalue weighted by Gasteiger charge is 2.25. The average Bonchev–Trinajstić information content (AvgIpc) is 3.20. The maximum atomic E-state index is 13.5. The molecule has 0 spiro atoms. The second-order valence-corrected chi connectivity index (χ2v) is 9.76. The van der Waals surface area contributed by atoms with Crippen LogP contribution in [0.5, 0.6) is 0 Å². The van der Waals surface area contributed by atoms with Gasteiger partial charge in [0.2, 0.25) is 17.8 Å². The Morgan fingerprint density at radius 2 is 1.81 bits per heavy atom. The molecular weight excluding hydrogens is 500 g/mol. The number of rotatable bonds is 7. The summed E-state index contributed by atoms with van der Waals surface area (Å²) < 4.78 is 26.9. The van der Waals surface area contributed by atoms with Crippen LogP contribution in [0.4, 0.5) is 19.5 Å². The summed E-state index contributed by atoms with van der Waals surface area (Å²) in [6.45, 7) is 3.05. The lowest BCUT2D eigenvalue weighted by molar-refractivity contribution is -0.115. The Hall–Kier alpha value is -3.77. The minimum atomic E-state index is -0.877. The zero-order valence-electron chi connectivity index (χ0n) is 19.7. The first kappa shape index (κ1) is 24.9. The van der Waals surface area contributed by atoms with Crippen LogP contribution in [0.1, 0.15) is 24.1 Å². The van der Waals surface area contributed by atoms with E-state index in [0.29, 0.717) is 40.3 Å². The lowest BCUT2D eigenvalue weighted by Crippen LogP contribution is -2.38. The second kappa shape index (κ2) is 11.1. The van der Waals surface area contributed by atoms with Crippen molar-refractivity contribution in [1.82, 2.24) is 30.6 Å². The lowest BCUT2D eigenvalue weighted by atomic mass is 9.97. The van der Waals surface area contributed by atoms with Gasteiger partial charge in [-0.25, -0.2) is 9.97 Å². The Morgan fingerprint density at radius 1 is 1.05 bits per heavy atom. The summed E-state index contributed by atoms with van der Waals surface area (Å²) in [6.07, 6.45) is 6.80. The van der Waals surface area contributed by atoms with Crippen molar-refractivity contribution in [2.24, 2.45) is 5.92 Å². The maximum Gasteiger partial charge on any atom is 0.290 e. The van der Waals surface area contributed by atoms with Crippen LogP contribution in [0.2, 0.25) is 0 Å². The molecule has 3 aromatic heterocycles. The molecule has 2 amide bonds. The predicted octanol–water partition coefficient (Wildman–Crippen LogP) is 3.54. The molecule has 2 N–H and O–H groups in total. The molecule has 0 atom stereocenters. The number of aromatic nitrogens is 4. The number of amides is 2. The number of hydrogen-bond acceptors (Lipinski definition) is 9. The maximum absolute atomic E-state index is 13.5. The molecule has 0 unspecified atom stereocenters. The van der Waals surface area contributed by atoms with Gasteiger partial charge in [0.15, 0.2) is 0 Å². The van der Waals surface area contributed by atoms with Crippen LogP contribution < -0.4 is 15.5 Å². The molecule has 0 aromatic carbocycles. The summed E-state index contributed by atoms with van der Waals surface area (Å²) in [5.41, 5.74) is 2.38. The van der Waals surface area contributed by atoms with Crippen LogP contribution in [-0.2, 0) is 11.3 Å². The number of pyridine rings is 2. The molecule has 2 aliphatic rings. The predicted molar refractivity (Wildman–Crippen MR) is 135 cm³/mol. The van der Waals surface area contributed by atoms with E-state index >= 15 is 0 Å². The SMILES string of the molecule is O=C1NC(=O)/C(=C/c2ccnc(N3CCC(CNCc4ccnc(-c5cc(F)nc(F)c5)c4)CC3)n2)S1. The summed E-state index contributed by atoms with van der Waals surface area (Å²) in [5.74, 6) is -1.08. The third-order valence-electron chi connectivity index (χ3n) is 6.13. The third kappa shape index (κ3) is 6.33. The number of imide groups is 1. The normalized spacial score (nSPS) is 17.5. The van der Waals surface area contributed by atoms with Crippen molar-refractivity contribution < 1.29 is 18.4 Å². The quantitative estimate of drug-likeness (QED) is 0.355. The van der Waals surface area contributed by atoms with Gasteiger partial charge in [0, 0.05) is 49.7 Å². The number of nitrogens with zero attached hydrogens (tertiary/aromatic N) is 5. The summed E-state index contributed by atoms with van der Waals surface area (Å²) in [4.78, 5) is 41.9. The van der Waals surface area contributed by atoms with Gasteiger partial charge in [0.1, 0.15) is 0 Å². The van der Waals surface area contributed by atoms with Gasteiger partial charge in [-0.05, 0) is 66.9 Å². The van der Waals surface area contributed by atoms with Crippen LogP contribution >= 0.6 is 11.8 Å². The molecule has 9 nitrogen and oxygen atoms in total. The zero-order valence-corrected chi connectivity index (χ0v) is 20.5. The summed E-state index contributed by atoms with van der Waals surface area (Å²) >= 11 is 0.861. The monoisotopic (exact) mass is 523 g/mol. The first-order valence-corrected chi connectivity index (χ1v) is 12.6. The highest BCUT2D eigenvalue weighted by Crippen LogP contribution is 2.26. The standard InChI is InChI=1S/C25H23F2N7O2S/c26-21-10-17(11-22(27)32-21)19-9-16(1-5-29-19)14-28-13-15-3-7-34(8-4-15)24-30-6-2-18(31-24)12-20-23(35)33-25(36)37-20/h1-2,5-6,9-12,15,28H,3-4,7-8,13-14H2,(H,33,35,36)/b20-12-. The number of carbonyl (C=O) groups is 2. The van der Waals surface area contributed by atoms with Gasteiger partial charge in [-0.2, -0.15) is 13.8 Å². The van der Waals surface area contributed by atoms with E-state index in [1.54, 1.807) is 24.5 Å². The van der Waals surface area contributed by atoms with Crippen LogP contribution in [0.25, 0.3) is 17.3 Å². The van der Waals surface area contributed by atoms with Crippen molar-refractivity contribution in [3.8, 4) is 11.3 Å². The zero-order chi connectivity index (χ0) is 25.8. The fourth-order valence-electron chi connectivity index (χ4n) is 4.26. The van der Waals surface area contributed by atoms with Crippen molar-refractivity contribution >= 4 is 34.9 Å². The van der Waals surface area contributed by atoms with Crippen molar-refractivity contribution in [2.75, 3.05) is 24.5 Å². The molecule has 5 rings (SSSR count). The minimum absolute atomic E-state index is 0.320. The molecule has 0 radical (unpaired) electrons. The molecule has 3 aromatic rings. The van der Waals surface area contributed by atoms with E-state index in [1.807, 2.05) is 12.1 Å². The van der Waals surface area contributed by atoms with Gasteiger partial charge >= 0.3 is 0 Å². The van der Waals surface area contributed by atoms with Crippen LogP contribution in [0.15, 0.2) is 47.6 Å². The van der Waals surface area contributed by atoms with Crippen molar-refractivity contribution in [1.29, 1.82) is 0 Å². The first-order valence-electron chi connectivity index (χ1n) is 11.7. The van der Waals surface area contributed by atoms with E-state index in [0.717, 1.165) is 61.9 Å². The molecule has 0 saturated carbocycles. The largest absolute Gasteiger partial charge is 0.341 e. The van der Waals surface area contributed by atoms with E-state index in [9.17, 15) is 18.4 Å². The molecule has 0 bridgehead atoms. The Labute approximate surface area is 215 Å². The fraction of sp³-hybridized carbons (Fsp3) is 0.280. The van der Waals surface area contributed by atoms with Crippen molar-refractivity contribution in [3.05, 3.63) is 70.8 Å². The fourth-order valence-corrected chi connectivity index (χ4v) is 4.93. The number of hydrogen-bond donors (Lipinski definition) is 2. The molecule has 0 aliphatic carbocycles. The van der Waals surface area contributed by atoms with E-state index in [1.165, 1.54) is 0 Å². The highest BCUT2D eigenvalue weighted by atomic mass is 32.2. The number of anilines is 1. The van der Waals surface area contributed by atoms with Gasteiger partial charge < -0.3 is 10.2 Å². The van der Waals surface area contributed by atoms with Gasteiger partial charge in [-0.1, -0.05) is 0 Å². The topological polar surface area (TPSA) is 113 Å². The van der Waals surface area contributed by atoms with Crippen molar-refractivity contribution in [3.63, 3.8) is 0 Å². The van der Waals surface area contributed by atoms with Crippen molar-refractivity contribution in [2.45, 2.75) is 19.4 Å². The van der Waals surface area contributed by atoms with E-state index in [2.05, 4.69) is 35.5 Å². The summed E-state index contributed by atoms with van der Waals surface area (Å²) in [6, 6.07) is 7.72. The second-order valence-electron chi connectivity index (χ2n) is 8.75. The smallest absolute Gasteiger partial charge is 0.290 e. The number of halogens is 2. The highest BCUT2D eigenvalue weighted by molar-refractivity contribution is 8.18. The average molecular weight is 524 g/mol. The van der Waals surface area contributed by atoms with Gasteiger partial charge in [-0.3, -0.25) is 19.9 Å². The van der Waals surface area contributed by atoms with Crippen LogP contribution in [0, 0.1) is 17.8 Å². The Morgan fingerprint density at radius 3 is 2.54 bits per heavy atom. The number of nitrogens with one attached hydrogen (secondary N) is 2. The number of thioether (sulfide) groups is 1. The first-order chi connectivity index (χ1) is 17.9. The molecule has 12 heteroatoms. The molecule has 5 heterocycles. The van der Waals surface area contributed by atoms with E-state index in [-0.39, 0.29) is 5.24 Å². The Bertz CT molecular complexity index is 1340. The molecule has 190 valence electrons. The summed E-state index contributed by atoms with van der Waals surface area (Å²) in [5, 5.41) is 5.32. The lowest BCUT2D eigenvalue weighted by Gasteiger charge is -2.32. The van der Waals surface area contributed by atoms with Crippen LogP contribution in [-0.4, -0.2) is 50.7 Å². The van der Waals surface area contributed by atoms with Gasteiger partial charge in [0.25, 0.3) is 11.1 Å². The van der Waals surface area contributed by atoms with E-state index < -0.39 is 17.8 Å². The van der Waals surface area contributed by atoms with Gasteiger partial charge in [0.05, 0.1) is 16.3 Å². The third-order valence-corrected chi connectivity index (χ3v) is 6.94. The van der Waals surface area contributed by atoms with Gasteiger partial charge in [-0.15, -0.1) is 0 Å². The summed E-state index contributed by atoms with van der Waals surface area (Å²) in [7, 11) is 0. The van der Waals surface area contributed by atoms with E-state index in [4.69, 9.17) is 0 Å². The molecule has 2 fully saturated rings. The number of piperidine rings is 1. The minimum Gasteiger partial charge on any atom is -0.341 e. The molecular formula is C25H23F2N7O2S. The molecule has 2 saturated heterocycles.